The first-order valence-electron chi connectivity index (χ1n) is 5.73. The number of hydrogen-bond acceptors (Lipinski definition) is 3. The van der Waals surface area contributed by atoms with Crippen LogP contribution >= 0.6 is 23.4 Å². The second kappa shape index (κ2) is 8.16. The van der Waals surface area contributed by atoms with Crippen LogP contribution in [0.5, 0.6) is 0 Å². The van der Waals surface area contributed by atoms with Crippen LogP contribution in [0, 0.1) is 0 Å². The van der Waals surface area contributed by atoms with E-state index in [4.69, 9.17) is 11.6 Å². The summed E-state index contributed by atoms with van der Waals surface area (Å²) in [7, 11) is 0. The Bertz CT molecular complexity index is 423. The molecule has 0 fully saturated rings. The maximum Gasteiger partial charge on any atom is 0.220 e. The van der Waals surface area contributed by atoms with E-state index in [1.165, 1.54) is 18.7 Å². The van der Waals surface area contributed by atoms with Crippen molar-refractivity contribution >= 4 is 34.4 Å². The second-order valence-electron chi connectivity index (χ2n) is 3.78. The Hall–Kier alpha value is -1.00. The van der Waals surface area contributed by atoms with E-state index in [9.17, 15) is 9.59 Å². The van der Waals surface area contributed by atoms with Gasteiger partial charge in [0.1, 0.15) is 0 Å². The second-order valence-corrected chi connectivity index (χ2v) is 5.46. The van der Waals surface area contributed by atoms with Gasteiger partial charge >= 0.3 is 0 Å². The van der Waals surface area contributed by atoms with Crippen LogP contribution in [-0.4, -0.2) is 23.3 Å². The largest absolute Gasteiger partial charge is 0.356 e. The average molecular weight is 286 g/mol. The SMILES string of the molecule is CC(=O)SCCC(=O)NCCc1ccccc1Cl. The lowest BCUT2D eigenvalue weighted by molar-refractivity contribution is -0.120. The minimum Gasteiger partial charge on any atom is -0.356 e. The Balaban J connectivity index is 2.20. The zero-order chi connectivity index (χ0) is 13.4. The molecule has 0 aromatic heterocycles. The summed E-state index contributed by atoms with van der Waals surface area (Å²) in [6.07, 6.45) is 1.08. The summed E-state index contributed by atoms with van der Waals surface area (Å²) >= 11 is 7.18. The van der Waals surface area contributed by atoms with E-state index < -0.39 is 0 Å². The van der Waals surface area contributed by atoms with Crippen molar-refractivity contribution in [3.8, 4) is 0 Å². The van der Waals surface area contributed by atoms with Gasteiger partial charge in [0.15, 0.2) is 5.12 Å². The number of hydrogen-bond donors (Lipinski definition) is 1. The molecule has 3 nitrogen and oxygen atoms in total. The molecular weight excluding hydrogens is 270 g/mol. The highest BCUT2D eigenvalue weighted by atomic mass is 35.5. The van der Waals surface area contributed by atoms with Gasteiger partial charge in [-0.2, -0.15) is 0 Å². The summed E-state index contributed by atoms with van der Waals surface area (Å²) in [5.74, 6) is 0.503. The molecule has 0 saturated carbocycles. The zero-order valence-corrected chi connectivity index (χ0v) is 11.8. The molecule has 5 heteroatoms. The number of halogens is 1. The number of amides is 1. The van der Waals surface area contributed by atoms with Gasteiger partial charge in [0.05, 0.1) is 0 Å². The van der Waals surface area contributed by atoms with Crippen molar-refractivity contribution in [3.05, 3.63) is 34.9 Å². The van der Waals surface area contributed by atoms with Crippen molar-refractivity contribution in [1.29, 1.82) is 0 Å². The molecule has 98 valence electrons. The van der Waals surface area contributed by atoms with Crippen LogP contribution in [0.1, 0.15) is 18.9 Å². The first kappa shape index (κ1) is 15.1. The third-order valence-electron chi connectivity index (χ3n) is 2.31. The van der Waals surface area contributed by atoms with Crippen LogP contribution in [0.15, 0.2) is 24.3 Å². The molecule has 1 amide bonds. The maximum atomic E-state index is 11.4. The number of rotatable bonds is 6. The minimum atomic E-state index is -0.0317. The van der Waals surface area contributed by atoms with E-state index in [0.717, 1.165) is 10.6 Å². The van der Waals surface area contributed by atoms with Crippen LogP contribution in [-0.2, 0) is 16.0 Å². The van der Waals surface area contributed by atoms with Crippen molar-refractivity contribution in [3.63, 3.8) is 0 Å². The van der Waals surface area contributed by atoms with Crippen LogP contribution < -0.4 is 5.32 Å². The van der Waals surface area contributed by atoms with Gasteiger partial charge in [-0.25, -0.2) is 0 Å². The molecule has 0 aliphatic rings. The molecule has 0 atom stereocenters. The normalized spacial score (nSPS) is 10.1. The molecule has 0 spiro atoms. The van der Waals surface area contributed by atoms with Crippen molar-refractivity contribution in [2.75, 3.05) is 12.3 Å². The topological polar surface area (TPSA) is 46.2 Å². The summed E-state index contributed by atoms with van der Waals surface area (Å²) in [4.78, 5) is 22.1. The Kier molecular flexibility index (Phi) is 6.83. The smallest absolute Gasteiger partial charge is 0.220 e. The number of carbonyl (C=O) groups excluding carboxylic acids is 2. The lowest BCUT2D eigenvalue weighted by Crippen LogP contribution is -2.26. The third kappa shape index (κ3) is 6.07. The molecule has 0 saturated heterocycles. The van der Waals surface area contributed by atoms with Gasteiger partial charge in [0.2, 0.25) is 5.91 Å². The molecule has 1 rings (SSSR count). The highest BCUT2D eigenvalue weighted by molar-refractivity contribution is 8.13. The fourth-order valence-electron chi connectivity index (χ4n) is 1.41. The van der Waals surface area contributed by atoms with E-state index in [0.29, 0.717) is 25.1 Å². The molecule has 1 N–H and O–H groups in total. The van der Waals surface area contributed by atoms with Crippen LogP contribution in [0.25, 0.3) is 0 Å². The first-order valence-corrected chi connectivity index (χ1v) is 7.09. The van der Waals surface area contributed by atoms with E-state index in [-0.39, 0.29) is 11.0 Å². The van der Waals surface area contributed by atoms with Crippen molar-refractivity contribution < 1.29 is 9.59 Å². The van der Waals surface area contributed by atoms with E-state index in [2.05, 4.69) is 5.32 Å². The molecule has 0 unspecified atom stereocenters. The number of carbonyl (C=O) groups is 2. The number of benzene rings is 1. The molecule has 1 aromatic rings. The van der Waals surface area contributed by atoms with Gasteiger partial charge in [0.25, 0.3) is 0 Å². The van der Waals surface area contributed by atoms with Gasteiger partial charge in [-0.15, -0.1) is 0 Å². The van der Waals surface area contributed by atoms with Gasteiger partial charge < -0.3 is 5.32 Å². The fraction of sp³-hybridized carbons (Fsp3) is 0.385. The number of nitrogens with one attached hydrogen (secondary N) is 1. The Morgan fingerprint density at radius 3 is 2.72 bits per heavy atom. The lowest BCUT2D eigenvalue weighted by Gasteiger charge is -2.06. The van der Waals surface area contributed by atoms with Crippen molar-refractivity contribution in [2.45, 2.75) is 19.8 Å². The predicted octanol–water partition coefficient (Wildman–Crippen LogP) is 2.67. The summed E-state index contributed by atoms with van der Waals surface area (Å²) < 4.78 is 0. The minimum absolute atomic E-state index is 0.0317. The van der Waals surface area contributed by atoms with Crippen molar-refractivity contribution in [1.82, 2.24) is 5.32 Å². The monoisotopic (exact) mass is 285 g/mol. The highest BCUT2D eigenvalue weighted by Crippen LogP contribution is 2.14. The van der Waals surface area contributed by atoms with Gasteiger partial charge in [-0.1, -0.05) is 41.6 Å². The van der Waals surface area contributed by atoms with E-state index >= 15 is 0 Å². The van der Waals surface area contributed by atoms with E-state index in [1.807, 2.05) is 24.3 Å². The Labute approximate surface area is 116 Å². The molecule has 0 heterocycles. The van der Waals surface area contributed by atoms with Gasteiger partial charge in [-0.3, -0.25) is 9.59 Å². The molecule has 0 bridgehead atoms. The van der Waals surface area contributed by atoms with Crippen molar-refractivity contribution in [2.24, 2.45) is 0 Å². The van der Waals surface area contributed by atoms with Crippen LogP contribution in [0.3, 0.4) is 0 Å². The van der Waals surface area contributed by atoms with Crippen LogP contribution in [0.4, 0.5) is 0 Å². The summed E-state index contributed by atoms with van der Waals surface area (Å²) in [6.45, 7) is 2.06. The molecule has 1 aromatic carbocycles. The van der Waals surface area contributed by atoms with Gasteiger partial charge in [0, 0.05) is 30.7 Å². The Morgan fingerprint density at radius 1 is 1.33 bits per heavy atom. The molecular formula is C13H16ClNO2S. The standard InChI is InChI=1S/C13H16ClNO2S/c1-10(16)18-9-7-13(17)15-8-6-11-4-2-3-5-12(11)14/h2-5H,6-9H2,1H3,(H,15,17). The molecule has 0 aliphatic carbocycles. The molecule has 18 heavy (non-hydrogen) atoms. The Morgan fingerprint density at radius 2 is 2.06 bits per heavy atom. The predicted molar refractivity (Wildman–Crippen MR) is 75.9 cm³/mol. The van der Waals surface area contributed by atoms with Gasteiger partial charge in [-0.05, 0) is 18.1 Å². The third-order valence-corrected chi connectivity index (χ3v) is 3.49. The maximum absolute atomic E-state index is 11.4. The fourth-order valence-corrected chi connectivity index (χ4v) is 2.22. The summed E-state index contributed by atoms with van der Waals surface area (Å²) in [5.41, 5.74) is 1.03. The lowest BCUT2D eigenvalue weighted by atomic mass is 10.1. The van der Waals surface area contributed by atoms with E-state index in [1.54, 1.807) is 0 Å². The zero-order valence-electron chi connectivity index (χ0n) is 10.2. The average Bonchev–Trinajstić information content (AvgIpc) is 2.31. The molecule has 0 radical (unpaired) electrons. The summed E-state index contributed by atoms with van der Waals surface area (Å²) in [6, 6.07) is 7.58. The summed E-state index contributed by atoms with van der Waals surface area (Å²) in [5, 5.41) is 3.57. The first-order chi connectivity index (χ1) is 8.59. The molecule has 0 aliphatic heterocycles. The quantitative estimate of drug-likeness (QED) is 0.874. The number of thioether (sulfide) groups is 1. The highest BCUT2D eigenvalue weighted by Gasteiger charge is 2.03. The van der Waals surface area contributed by atoms with Crippen LogP contribution in [0.2, 0.25) is 5.02 Å².